The Hall–Kier alpha value is -2.04. The zero-order valence-corrected chi connectivity index (χ0v) is 15.9. The van der Waals surface area contributed by atoms with E-state index in [1.165, 1.54) is 11.1 Å². The number of carbonyl (C=O) groups is 1. The molecule has 1 aliphatic rings. The minimum Gasteiger partial charge on any atom is -0.370 e. The lowest BCUT2D eigenvalue weighted by molar-refractivity contribution is -0.122. The first-order chi connectivity index (χ1) is 12.5. The fourth-order valence-corrected chi connectivity index (χ4v) is 3.68. The minimum atomic E-state index is -0.191. The van der Waals surface area contributed by atoms with Gasteiger partial charge in [0.1, 0.15) is 0 Å². The number of amides is 1. The highest BCUT2D eigenvalue weighted by molar-refractivity contribution is 6.33. The molecule has 26 heavy (non-hydrogen) atoms. The van der Waals surface area contributed by atoms with E-state index in [9.17, 15) is 4.79 Å². The molecule has 0 aliphatic carbocycles. The lowest BCUT2D eigenvalue weighted by atomic mass is 9.96. The predicted octanol–water partition coefficient (Wildman–Crippen LogP) is 3.89. The predicted molar refractivity (Wildman–Crippen MR) is 107 cm³/mol. The molecule has 1 atom stereocenters. The highest BCUT2D eigenvalue weighted by atomic mass is 35.5. The molecule has 1 aliphatic heterocycles. The number of nitrogens with zero attached hydrogens (tertiary/aromatic N) is 1. The number of primary amides is 1. The monoisotopic (exact) mass is 371 g/mol. The van der Waals surface area contributed by atoms with Gasteiger partial charge in [-0.3, -0.25) is 4.79 Å². The van der Waals surface area contributed by atoms with Crippen LogP contribution >= 0.6 is 11.6 Å². The van der Waals surface area contributed by atoms with Gasteiger partial charge in [-0.05, 0) is 43.0 Å². The first-order valence-electron chi connectivity index (χ1n) is 9.15. The van der Waals surface area contributed by atoms with Gasteiger partial charge < -0.3 is 16.0 Å². The fraction of sp³-hybridized carbons (Fsp3) is 0.381. The summed E-state index contributed by atoms with van der Waals surface area (Å²) < 4.78 is 0. The summed E-state index contributed by atoms with van der Waals surface area (Å²) in [5, 5.41) is 4.32. The Kier molecular flexibility index (Phi) is 6.17. The number of hydrogen-bond acceptors (Lipinski definition) is 3. The molecule has 1 saturated heterocycles. The molecule has 0 unspecified atom stereocenters. The van der Waals surface area contributed by atoms with Gasteiger partial charge in [-0.1, -0.05) is 48.0 Å². The standard InChI is InChI=1S/C21H26ClN3O/c1-15(17-5-3-2-4-6-17)24-14-16-7-8-19(22)20(13-16)25-11-9-18(10-12-25)21(23)26/h2-8,13,15,18,24H,9-12,14H2,1H3,(H2,23,26)/t15-/m1/s1. The molecule has 138 valence electrons. The molecule has 0 radical (unpaired) electrons. The van der Waals surface area contributed by atoms with Gasteiger partial charge in [0.25, 0.3) is 0 Å². The van der Waals surface area contributed by atoms with Crippen LogP contribution in [0.5, 0.6) is 0 Å². The van der Waals surface area contributed by atoms with E-state index in [0.717, 1.165) is 43.2 Å². The second-order valence-corrected chi connectivity index (χ2v) is 7.37. The summed E-state index contributed by atoms with van der Waals surface area (Å²) in [6.07, 6.45) is 1.58. The lowest BCUT2D eigenvalue weighted by Crippen LogP contribution is -2.38. The van der Waals surface area contributed by atoms with E-state index >= 15 is 0 Å². The number of carbonyl (C=O) groups excluding carboxylic acids is 1. The minimum absolute atomic E-state index is 0.0124. The number of piperidine rings is 1. The second kappa shape index (κ2) is 8.56. The van der Waals surface area contributed by atoms with Crippen molar-refractivity contribution in [3.8, 4) is 0 Å². The summed E-state index contributed by atoms with van der Waals surface area (Å²) in [4.78, 5) is 13.6. The van der Waals surface area contributed by atoms with Crippen molar-refractivity contribution in [3.63, 3.8) is 0 Å². The quantitative estimate of drug-likeness (QED) is 0.809. The third-order valence-electron chi connectivity index (χ3n) is 5.16. The Balaban J connectivity index is 1.63. The maximum Gasteiger partial charge on any atom is 0.220 e. The number of nitrogens with one attached hydrogen (secondary N) is 1. The third-order valence-corrected chi connectivity index (χ3v) is 5.48. The highest BCUT2D eigenvalue weighted by Crippen LogP contribution is 2.31. The number of benzene rings is 2. The summed E-state index contributed by atoms with van der Waals surface area (Å²) in [6.45, 7) is 4.56. The Morgan fingerprint density at radius 3 is 2.58 bits per heavy atom. The second-order valence-electron chi connectivity index (χ2n) is 6.96. The number of nitrogens with two attached hydrogens (primary N) is 1. The Morgan fingerprint density at radius 1 is 1.23 bits per heavy atom. The van der Waals surface area contributed by atoms with Crippen molar-refractivity contribution >= 4 is 23.2 Å². The van der Waals surface area contributed by atoms with E-state index in [1.807, 2.05) is 12.1 Å². The van der Waals surface area contributed by atoms with Crippen LogP contribution in [0, 0.1) is 5.92 Å². The first kappa shape index (κ1) is 18.7. The molecular formula is C21H26ClN3O. The van der Waals surface area contributed by atoms with Crippen molar-refractivity contribution in [2.45, 2.75) is 32.4 Å². The zero-order chi connectivity index (χ0) is 18.5. The number of hydrogen-bond donors (Lipinski definition) is 2. The average molecular weight is 372 g/mol. The lowest BCUT2D eigenvalue weighted by Gasteiger charge is -2.33. The third kappa shape index (κ3) is 4.57. The van der Waals surface area contributed by atoms with Crippen molar-refractivity contribution < 1.29 is 4.79 Å². The molecule has 1 amide bonds. The van der Waals surface area contributed by atoms with Gasteiger partial charge in [0.2, 0.25) is 5.91 Å². The van der Waals surface area contributed by atoms with E-state index in [1.54, 1.807) is 0 Å². The molecule has 4 nitrogen and oxygen atoms in total. The molecule has 3 N–H and O–H groups in total. The van der Waals surface area contributed by atoms with Crippen molar-refractivity contribution in [1.82, 2.24) is 5.32 Å². The van der Waals surface area contributed by atoms with Crippen LogP contribution in [0.25, 0.3) is 0 Å². The maximum atomic E-state index is 11.4. The van der Waals surface area contributed by atoms with E-state index in [4.69, 9.17) is 17.3 Å². The van der Waals surface area contributed by atoms with Crippen LogP contribution < -0.4 is 16.0 Å². The van der Waals surface area contributed by atoms with Gasteiger partial charge in [0.15, 0.2) is 0 Å². The Labute approximate surface area is 160 Å². The molecule has 0 bridgehead atoms. The average Bonchev–Trinajstić information content (AvgIpc) is 2.68. The summed E-state index contributed by atoms with van der Waals surface area (Å²) in [5.41, 5.74) is 8.94. The molecule has 2 aromatic carbocycles. The zero-order valence-electron chi connectivity index (χ0n) is 15.1. The normalized spacial score (nSPS) is 16.5. The van der Waals surface area contributed by atoms with Crippen LogP contribution in [0.3, 0.4) is 0 Å². The largest absolute Gasteiger partial charge is 0.370 e. The Bertz CT molecular complexity index is 742. The smallest absolute Gasteiger partial charge is 0.220 e. The van der Waals surface area contributed by atoms with E-state index in [-0.39, 0.29) is 17.9 Å². The Morgan fingerprint density at radius 2 is 1.92 bits per heavy atom. The topological polar surface area (TPSA) is 58.4 Å². The van der Waals surface area contributed by atoms with Crippen molar-refractivity contribution in [3.05, 3.63) is 64.7 Å². The van der Waals surface area contributed by atoms with E-state index in [2.05, 4.69) is 53.5 Å². The molecule has 0 spiro atoms. The van der Waals surface area contributed by atoms with Gasteiger partial charge in [0.05, 0.1) is 10.7 Å². The molecule has 1 fully saturated rings. The number of rotatable bonds is 6. The molecule has 3 rings (SSSR count). The maximum absolute atomic E-state index is 11.4. The van der Waals surface area contributed by atoms with Crippen LogP contribution in [-0.2, 0) is 11.3 Å². The number of halogens is 1. The highest BCUT2D eigenvalue weighted by Gasteiger charge is 2.24. The summed E-state index contributed by atoms with van der Waals surface area (Å²) in [5.74, 6) is -0.204. The van der Waals surface area contributed by atoms with Crippen LogP contribution in [0.1, 0.15) is 36.9 Å². The van der Waals surface area contributed by atoms with E-state index in [0.29, 0.717) is 0 Å². The van der Waals surface area contributed by atoms with Crippen molar-refractivity contribution in [2.24, 2.45) is 11.7 Å². The van der Waals surface area contributed by atoms with Crippen LogP contribution in [0.2, 0.25) is 5.02 Å². The van der Waals surface area contributed by atoms with Gasteiger partial charge >= 0.3 is 0 Å². The molecule has 5 heteroatoms. The van der Waals surface area contributed by atoms with Gasteiger partial charge in [-0.2, -0.15) is 0 Å². The molecule has 0 aromatic heterocycles. The molecule has 1 heterocycles. The SMILES string of the molecule is C[C@@H](NCc1ccc(Cl)c(N2CCC(C(N)=O)CC2)c1)c1ccccc1. The first-order valence-corrected chi connectivity index (χ1v) is 9.53. The van der Waals surface area contributed by atoms with Gasteiger partial charge in [0, 0.05) is 31.6 Å². The summed E-state index contributed by atoms with van der Waals surface area (Å²) in [7, 11) is 0. The number of anilines is 1. The van der Waals surface area contributed by atoms with Gasteiger partial charge in [-0.25, -0.2) is 0 Å². The molecule has 2 aromatic rings. The summed E-state index contributed by atoms with van der Waals surface area (Å²) >= 11 is 6.43. The molecule has 0 saturated carbocycles. The van der Waals surface area contributed by atoms with Crippen LogP contribution in [0.15, 0.2) is 48.5 Å². The summed E-state index contributed by atoms with van der Waals surface area (Å²) in [6, 6.07) is 16.9. The van der Waals surface area contributed by atoms with Crippen molar-refractivity contribution in [2.75, 3.05) is 18.0 Å². The van der Waals surface area contributed by atoms with E-state index < -0.39 is 0 Å². The fourth-order valence-electron chi connectivity index (χ4n) is 3.45. The van der Waals surface area contributed by atoms with Crippen molar-refractivity contribution in [1.29, 1.82) is 0 Å². The van der Waals surface area contributed by atoms with Gasteiger partial charge in [-0.15, -0.1) is 0 Å². The van der Waals surface area contributed by atoms with Crippen LogP contribution in [-0.4, -0.2) is 19.0 Å². The van der Waals surface area contributed by atoms with Crippen LogP contribution in [0.4, 0.5) is 5.69 Å². The molecular weight excluding hydrogens is 346 g/mol.